The fourth-order valence-corrected chi connectivity index (χ4v) is 1.99. The predicted molar refractivity (Wildman–Crippen MR) is 91.1 cm³/mol. The quantitative estimate of drug-likeness (QED) is 0.503. The molecular weight excluding hydrogens is 308 g/mol. The lowest BCUT2D eigenvalue weighted by molar-refractivity contribution is -0.120. The van der Waals surface area contributed by atoms with Crippen molar-refractivity contribution in [3.63, 3.8) is 0 Å². The summed E-state index contributed by atoms with van der Waals surface area (Å²) in [5.74, 6) is -0.947. The number of carbonyl (C=O) groups excluding carboxylic acids is 2. The second-order valence-corrected chi connectivity index (χ2v) is 4.95. The molecule has 0 spiro atoms. The number of methoxy groups -OCH3 is 1. The van der Waals surface area contributed by atoms with Gasteiger partial charge in [-0.1, -0.05) is 41.6 Å². The summed E-state index contributed by atoms with van der Waals surface area (Å²) < 4.78 is 4.67. The van der Waals surface area contributed by atoms with Crippen molar-refractivity contribution in [2.75, 3.05) is 19.0 Å². The Hall–Kier alpha value is -3.15. The van der Waals surface area contributed by atoms with E-state index in [-0.39, 0.29) is 12.2 Å². The maximum absolute atomic E-state index is 11.9. The van der Waals surface area contributed by atoms with Gasteiger partial charge in [0.25, 0.3) is 5.91 Å². The average Bonchev–Trinajstić information content (AvgIpc) is 2.60. The molecule has 24 heavy (non-hydrogen) atoms. The zero-order valence-electron chi connectivity index (χ0n) is 13.5. The second-order valence-electron chi connectivity index (χ2n) is 4.95. The van der Waals surface area contributed by atoms with Crippen molar-refractivity contribution in [2.24, 2.45) is 5.16 Å². The third kappa shape index (κ3) is 4.67. The van der Waals surface area contributed by atoms with Crippen molar-refractivity contribution in [3.05, 3.63) is 65.2 Å². The number of nitrogens with zero attached hydrogens (tertiary/aromatic N) is 1. The number of oxime groups is 1. The van der Waals surface area contributed by atoms with Gasteiger partial charge in [0.15, 0.2) is 6.61 Å². The van der Waals surface area contributed by atoms with E-state index in [1.54, 1.807) is 30.5 Å². The van der Waals surface area contributed by atoms with E-state index in [1.807, 2.05) is 31.2 Å². The zero-order valence-corrected chi connectivity index (χ0v) is 13.5. The first kappa shape index (κ1) is 17.2. The smallest absolute Gasteiger partial charge is 0.339 e. The van der Waals surface area contributed by atoms with Gasteiger partial charge in [-0.2, -0.15) is 0 Å². The molecule has 0 aliphatic rings. The number of rotatable bonds is 6. The number of nitrogens with one attached hydrogen (secondary N) is 1. The van der Waals surface area contributed by atoms with E-state index >= 15 is 0 Å². The van der Waals surface area contributed by atoms with Crippen LogP contribution in [-0.2, 0) is 14.4 Å². The molecule has 2 aromatic rings. The van der Waals surface area contributed by atoms with Gasteiger partial charge in [0, 0.05) is 0 Å². The molecule has 1 N–H and O–H groups in total. The Labute approximate surface area is 140 Å². The average molecular weight is 326 g/mol. The number of hydrogen-bond donors (Lipinski definition) is 1. The van der Waals surface area contributed by atoms with E-state index < -0.39 is 11.9 Å². The van der Waals surface area contributed by atoms with Gasteiger partial charge < -0.3 is 14.9 Å². The van der Waals surface area contributed by atoms with Crippen LogP contribution in [0.1, 0.15) is 21.5 Å². The summed E-state index contributed by atoms with van der Waals surface area (Å²) in [5, 5.41) is 6.38. The fourth-order valence-electron chi connectivity index (χ4n) is 1.99. The topological polar surface area (TPSA) is 77.0 Å². The summed E-state index contributed by atoms with van der Waals surface area (Å²) in [6, 6.07) is 14.3. The molecule has 0 unspecified atom stereocenters. The molecule has 0 fully saturated rings. The fraction of sp³-hybridized carbons (Fsp3) is 0.167. The molecule has 2 rings (SSSR count). The molecule has 0 saturated carbocycles. The standard InChI is InChI=1S/C18H18N2O4/c1-13-7-3-4-8-14(13)11-19-24-12-17(21)20-16-10-6-5-9-15(16)18(22)23-2/h3-11H,12H2,1-2H3,(H,20,21)/b19-11-. The van der Waals surface area contributed by atoms with Gasteiger partial charge in [0.1, 0.15) is 0 Å². The SMILES string of the molecule is COC(=O)c1ccccc1NC(=O)CO/N=C\c1ccccc1C. The molecule has 6 heteroatoms. The van der Waals surface area contributed by atoms with Gasteiger partial charge in [-0.05, 0) is 30.2 Å². The number of aryl methyl sites for hydroxylation is 1. The van der Waals surface area contributed by atoms with Crippen LogP contribution in [0.5, 0.6) is 0 Å². The van der Waals surface area contributed by atoms with Crippen molar-refractivity contribution in [1.29, 1.82) is 0 Å². The van der Waals surface area contributed by atoms with Crippen LogP contribution in [0.25, 0.3) is 0 Å². The Bertz CT molecular complexity index is 756. The third-order valence-electron chi connectivity index (χ3n) is 3.26. The Balaban J connectivity index is 1.90. The van der Waals surface area contributed by atoms with Crippen LogP contribution in [0.3, 0.4) is 0 Å². The number of ether oxygens (including phenoxy) is 1. The molecule has 0 aliphatic heterocycles. The number of para-hydroxylation sites is 1. The molecule has 0 aliphatic carbocycles. The molecule has 2 aromatic carbocycles. The summed E-state index contributed by atoms with van der Waals surface area (Å²) >= 11 is 0. The highest BCUT2D eigenvalue weighted by Gasteiger charge is 2.13. The van der Waals surface area contributed by atoms with Crippen LogP contribution in [0.4, 0.5) is 5.69 Å². The van der Waals surface area contributed by atoms with E-state index in [1.165, 1.54) is 7.11 Å². The lowest BCUT2D eigenvalue weighted by atomic mass is 10.1. The molecule has 6 nitrogen and oxygen atoms in total. The minimum Gasteiger partial charge on any atom is -0.465 e. The molecule has 0 bridgehead atoms. The summed E-state index contributed by atoms with van der Waals surface area (Å²) in [6.45, 7) is 1.69. The van der Waals surface area contributed by atoms with Crippen LogP contribution in [0, 0.1) is 6.92 Å². The maximum Gasteiger partial charge on any atom is 0.339 e. The number of benzene rings is 2. The highest BCUT2D eigenvalue weighted by Crippen LogP contribution is 2.15. The van der Waals surface area contributed by atoms with Gasteiger partial charge >= 0.3 is 5.97 Å². The second kappa shape index (κ2) is 8.47. The molecule has 0 saturated heterocycles. The van der Waals surface area contributed by atoms with Crippen LogP contribution >= 0.6 is 0 Å². The Kier molecular flexibility index (Phi) is 6.08. The lowest BCUT2D eigenvalue weighted by Crippen LogP contribution is -2.19. The monoisotopic (exact) mass is 326 g/mol. The first-order valence-corrected chi connectivity index (χ1v) is 7.30. The zero-order chi connectivity index (χ0) is 17.4. The van der Waals surface area contributed by atoms with Crippen molar-refractivity contribution >= 4 is 23.8 Å². The maximum atomic E-state index is 11.9. The molecule has 1 amide bonds. The molecule has 0 aromatic heterocycles. The molecule has 0 heterocycles. The van der Waals surface area contributed by atoms with Gasteiger partial charge in [-0.25, -0.2) is 4.79 Å². The summed E-state index contributed by atoms with van der Waals surface area (Å²) in [4.78, 5) is 28.5. The minimum absolute atomic E-state index is 0.266. The predicted octanol–water partition coefficient (Wildman–Crippen LogP) is 2.77. The van der Waals surface area contributed by atoms with Crippen molar-refractivity contribution < 1.29 is 19.2 Å². The van der Waals surface area contributed by atoms with Gasteiger partial charge in [0.05, 0.1) is 24.6 Å². The van der Waals surface area contributed by atoms with Crippen LogP contribution < -0.4 is 5.32 Å². The normalized spacial score (nSPS) is 10.4. The summed E-state index contributed by atoms with van der Waals surface area (Å²) in [5.41, 5.74) is 2.60. The molecule has 0 radical (unpaired) electrons. The summed E-state index contributed by atoms with van der Waals surface area (Å²) in [7, 11) is 1.28. The first-order valence-electron chi connectivity index (χ1n) is 7.30. The number of anilines is 1. The Morgan fingerprint density at radius 3 is 2.58 bits per heavy atom. The number of amides is 1. The number of esters is 1. The number of hydrogen-bond acceptors (Lipinski definition) is 5. The minimum atomic E-state index is -0.524. The largest absolute Gasteiger partial charge is 0.465 e. The van der Waals surface area contributed by atoms with Crippen molar-refractivity contribution in [3.8, 4) is 0 Å². The molecule has 124 valence electrons. The lowest BCUT2D eigenvalue weighted by Gasteiger charge is -2.08. The highest BCUT2D eigenvalue weighted by atomic mass is 16.6. The van der Waals surface area contributed by atoms with E-state index in [0.717, 1.165) is 11.1 Å². The van der Waals surface area contributed by atoms with E-state index in [9.17, 15) is 9.59 Å². The van der Waals surface area contributed by atoms with Crippen molar-refractivity contribution in [2.45, 2.75) is 6.92 Å². The highest BCUT2D eigenvalue weighted by molar-refractivity contribution is 6.01. The van der Waals surface area contributed by atoms with E-state index in [0.29, 0.717) is 5.69 Å². The van der Waals surface area contributed by atoms with Crippen LogP contribution in [0.15, 0.2) is 53.7 Å². The van der Waals surface area contributed by atoms with Gasteiger partial charge in [0.2, 0.25) is 0 Å². The Morgan fingerprint density at radius 2 is 1.83 bits per heavy atom. The van der Waals surface area contributed by atoms with Crippen LogP contribution in [-0.4, -0.2) is 31.8 Å². The summed E-state index contributed by atoms with van der Waals surface area (Å²) in [6.07, 6.45) is 1.55. The van der Waals surface area contributed by atoms with E-state index in [2.05, 4.69) is 15.2 Å². The van der Waals surface area contributed by atoms with Gasteiger partial charge in [-0.3, -0.25) is 4.79 Å². The molecule has 0 atom stereocenters. The Morgan fingerprint density at radius 1 is 1.12 bits per heavy atom. The van der Waals surface area contributed by atoms with Gasteiger partial charge in [-0.15, -0.1) is 0 Å². The first-order chi connectivity index (χ1) is 11.6. The van der Waals surface area contributed by atoms with Crippen LogP contribution in [0.2, 0.25) is 0 Å². The van der Waals surface area contributed by atoms with E-state index in [4.69, 9.17) is 4.84 Å². The number of carbonyl (C=O) groups is 2. The third-order valence-corrected chi connectivity index (χ3v) is 3.26. The van der Waals surface area contributed by atoms with Crippen molar-refractivity contribution in [1.82, 2.24) is 0 Å². The molecular formula is C18H18N2O4.